The van der Waals surface area contributed by atoms with Gasteiger partial charge in [-0.15, -0.1) is 0 Å². The molecule has 1 heterocycles. The minimum Gasteiger partial charge on any atom is -0.493 e. The number of carbonyl (C=O) groups is 2. The van der Waals surface area contributed by atoms with Gasteiger partial charge in [0.05, 0.1) is 22.6 Å². The molecule has 2 amide bonds. The summed E-state index contributed by atoms with van der Waals surface area (Å²) in [6, 6.07) is 18.5. The van der Waals surface area contributed by atoms with Crippen molar-refractivity contribution in [1.29, 1.82) is 0 Å². The van der Waals surface area contributed by atoms with Gasteiger partial charge in [-0.25, -0.2) is 0 Å². The molecule has 3 aromatic carbocycles. The number of amides is 2. The maximum Gasteiger partial charge on any atom is 0.285 e. The summed E-state index contributed by atoms with van der Waals surface area (Å²) in [6.07, 6.45) is 1.69. The number of hydrazine groups is 1. The fourth-order valence-corrected chi connectivity index (χ4v) is 5.18. The summed E-state index contributed by atoms with van der Waals surface area (Å²) >= 11 is 14.9. The van der Waals surface area contributed by atoms with E-state index in [1.807, 2.05) is 37.3 Å². The van der Waals surface area contributed by atoms with Gasteiger partial charge in [-0.1, -0.05) is 47.6 Å². The molecule has 0 saturated carbocycles. The number of thioether (sulfide) groups is 1. The number of halogens is 2. The second-order valence-electron chi connectivity index (χ2n) is 7.77. The number of nitrogens with zero attached hydrogens (tertiary/aromatic N) is 1. The van der Waals surface area contributed by atoms with E-state index in [1.165, 1.54) is 0 Å². The normalized spacial score (nSPS) is 14.3. The van der Waals surface area contributed by atoms with Crippen molar-refractivity contribution in [2.75, 3.05) is 7.11 Å². The Bertz CT molecular complexity index is 1380. The van der Waals surface area contributed by atoms with Gasteiger partial charge >= 0.3 is 0 Å². The summed E-state index contributed by atoms with van der Waals surface area (Å²) in [5.74, 6) is 0.170. The van der Waals surface area contributed by atoms with Crippen LogP contribution in [0, 0.1) is 10.5 Å². The number of methoxy groups -OCH3 is 1. The largest absolute Gasteiger partial charge is 0.493 e. The summed E-state index contributed by atoms with van der Waals surface area (Å²) in [6.45, 7) is 2.27. The Morgan fingerprint density at radius 2 is 1.89 bits per heavy atom. The molecule has 36 heavy (non-hydrogen) atoms. The van der Waals surface area contributed by atoms with Gasteiger partial charge in [-0.2, -0.15) is 5.01 Å². The molecule has 0 aliphatic carbocycles. The van der Waals surface area contributed by atoms with Crippen LogP contribution in [0.15, 0.2) is 65.6 Å². The minimum atomic E-state index is -0.520. The van der Waals surface area contributed by atoms with E-state index in [0.29, 0.717) is 28.0 Å². The first-order valence-corrected chi connectivity index (χ1v) is 13.3. The van der Waals surface area contributed by atoms with Crippen molar-refractivity contribution >= 4 is 80.4 Å². The van der Waals surface area contributed by atoms with Crippen molar-refractivity contribution in [1.82, 2.24) is 10.4 Å². The molecular weight excluding hydrogens is 631 g/mol. The number of thiocarbonyl (C=S) groups is 1. The number of aryl methyl sites for hydroxylation is 1. The summed E-state index contributed by atoms with van der Waals surface area (Å²) < 4.78 is 12.8. The summed E-state index contributed by atoms with van der Waals surface area (Å²) in [7, 11) is 1.56. The topological polar surface area (TPSA) is 67.9 Å². The molecule has 4 rings (SSSR count). The monoisotopic (exact) mass is 650 g/mol. The van der Waals surface area contributed by atoms with E-state index in [-0.39, 0.29) is 9.88 Å². The zero-order chi connectivity index (χ0) is 25.8. The highest BCUT2D eigenvalue weighted by atomic mass is 127. The van der Waals surface area contributed by atoms with Crippen LogP contribution in [0.2, 0.25) is 5.02 Å². The minimum absolute atomic E-state index is 0.215. The number of nitrogens with one attached hydrogen (secondary N) is 1. The number of hydrogen-bond donors (Lipinski definition) is 1. The van der Waals surface area contributed by atoms with Gasteiger partial charge in [0.15, 0.2) is 15.8 Å². The molecule has 0 radical (unpaired) electrons. The molecule has 1 aliphatic rings. The molecule has 1 aliphatic heterocycles. The van der Waals surface area contributed by atoms with Crippen molar-refractivity contribution in [2.45, 2.75) is 13.5 Å². The van der Waals surface area contributed by atoms with Crippen LogP contribution in [-0.2, 0) is 11.4 Å². The third-order valence-electron chi connectivity index (χ3n) is 5.17. The predicted octanol–water partition coefficient (Wildman–Crippen LogP) is 6.39. The van der Waals surface area contributed by atoms with Crippen molar-refractivity contribution in [3.05, 3.63) is 96.4 Å². The Kier molecular flexibility index (Phi) is 8.55. The molecule has 1 N–H and O–H groups in total. The van der Waals surface area contributed by atoms with E-state index in [1.54, 1.807) is 43.5 Å². The second-order valence-corrected chi connectivity index (χ2v) is 11.1. The van der Waals surface area contributed by atoms with Crippen LogP contribution in [0.4, 0.5) is 0 Å². The average Bonchev–Trinajstić information content (AvgIpc) is 3.11. The fraction of sp³-hybridized carbons (Fsp3) is 0.115. The third kappa shape index (κ3) is 6.20. The van der Waals surface area contributed by atoms with Crippen molar-refractivity contribution in [3.63, 3.8) is 0 Å². The van der Waals surface area contributed by atoms with E-state index in [2.05, 4.69) is 28.0 Å². The molecule has 1 fully saturated rings. The summed E-state index contributed by atoms with van der Waals surface area (Å²) in [5.41, 5.74) is 5.49. The van der Waals surface area contributed by atoms with E-state index in [4.69, 9.17) is 33.3 Å². The molecule has 0 aromatic heterocycles. The number of hydrogen-bond acceptors (Lipinski definition) is 6. The molecule has 10 heteroatoms. The summed E-state index contributed by atoms with van der Waals surface area (Å²) in [4.78, 5) is 26.0. The Labute approximate surface area is 237 Å². The lowest BCUT2D eigenvalue weighted by molar-refractivity contribution is -0.123. The molecule has 1 saturated heterocycles. The first-order valence-electron chi connectivity index (χ1n) is 10.7. The van der Waals surface area contributed by atoms with Gasteiger partial charge in [0.25, 0.3) is 11.8 Å². The second kappa shape index (κ2) is 11.6. The van der Waals surface area contributed by atoms with Gasteiger partial charge in [0.2, 0.25) is 0 Å². The lowest BCUT2D eigenvalue weighted by atomic mass is 10.1. The summed E-state index contributed by atoms with van der Waals surface area (Å²) in [5, 5.41) is 1.35. The lowest BCUT2D eigenvalue weighted by Crippen LogP contribution is -2.44. The maximum absolute atomic E-state index is 13.0. The van der Waals surface area contributed by atoms with E-state index in [0.717, 1.165) is 37.0 Å². The highest BCUT2D eigenvalue weighted by Crippen LogP contribution is 2.34. The molecule has 0 unspecified atom stereocenters. The number of rotatable bonds is 7. The van der Waals surface area contributed by atoms with Crippen LogP contribution in [0.3, 0.4) is 0 Å². The molecule has 0 bridgehead atoms. The number of ether oxygens (including phenoxy) is 2. The quantitative estimate of drug-likeness (QED) is 0.182. The van der Waals surface area contributed by atoms with Gasteiger partial charge in [-0.3, -0.25) is 15.0 Å². The van der Waals surface area contributed by atoms with E-state index >= 15 is 0 Å². The SMILES string of the molecule is COc1cc(/C=C2\SC(=S)N(NC(=O)c3ccc(C)cc3Cl)C2=O)ccc1OCc1ccc(I)cc1. The zero-order valence-corrected chi connectivity index (χ0v) is 23.8. The van der Waals surface area contributed by atoms with Crippen molar-refractivity contribution in [3.8, 4) is 11.5 Å². The van der Waals surface area contributed by atoms with Crippen LogP contribution in [0.5, 0.6) is 11.5 Å². The third-order valence-corrected chi connectivity index (χ3v) is 7.50. The molecule has 0 spiro atoms. The highest BCUT2D eigenvalue weighted by molar-refractivity contribution is 14.1. The molecule has 3 aromatic rings. The predicted molar refractivity (Wildman–Crippen MR) is 155 cm³/mol. The van der Waals surface area contributed by atoms with E-state index in [9.17, 15) is 9.59 Å². The highest BCUT2D eigenvalue weighted by Gasteiger charge is 2.34. The molecule has 184 valence electrons. The molecule has 0 atom stereocenters. The molecule has 6 nitrogen and oxygen atoms in total. The first kappa shape index (κ1) is 26.5. The number of benzene rings is 3. The molecular formula is C26H20ClIN2O4S2. The van der Waals surface area contributed by atoms with Gasteiger partial charge < -0.3 is 9.47 Å². The van der Waals surface area contributed by atoms with E-state index < -0.39 is 11.8 Å². The standard InChI is InChI=1S/C26H20ClIN2O4S2/c1-15-3-9-19(20(27)11-15)24(31)29-30-25(32)23(36-26(30)35)13-17-6-10-21(22(12-17)33-2)34-14-16-4-7-18(28)8-5-16/h3-13H,14H2,1-2H3,(H,29,31)/b23-13-. The van der Waals surface area contributed by atoms with Crippen LogP contribution in [-0.4, -0.2) is 28.3 Å². The van der Waals surface area contributed by atoms with Crippen LogP contribution < -0.4 is 14.9 Å². The van der Waals surface area contributed by atoms with Gasteiger partial charge in [-0.05, 0) is 101 Å². The Hall–Kier alpha value is -2.60. The van der Waals surface area contributed by atoms with Crippen LogP contribution >= 0.6 is 58.2 Å². The van der Waals surface area contributed by atoms with Gasteiger partial charge in [0.1, 0.15) is 6.61 Å². The Morgan fingerprint density at radius 3 is 2.58 bits per heavy atom. The number of carbonyl (C=O) groups excluding carboxylic acids is 2. The first-order chi connectivity index (χ1) is 17.2. The Balaban J connectivity index is 1.47. The Morgan fingerprint density at radius 1 is 1.14 bits per heavy atom. The van der Waals surface area contributed by atoms with Crippen molar-refractivity contribution < 1.29 is 19.1 Å². The van der Waals surface area contributed by atoms with Gasteiger partial charge in [0, 0.05) is 3.57 Å². The fourth-order valence-electron chi connectivity index (χ4n) is 3.32. The lowest BCUT2D eigenvalue weighted by Gasteiger charge is -2.16. The average molecular weight is 651 g/mol. The zero-order valence-electron chi connectivity index (χ0n) is 19.2. The smallest absolute Gasteiger partial charge is 0.285 e. The maximum atomic E-state index is 13.0. The van der Waals surface area contributed by atoms with Crippen LogP contribution in [0.25, 0.3) is 6.08 Å². The van der Waals surface area contributed by atoms with Crippen LogP contribution in [0.1, 0.15) is 27.0 Å². The van der Waals surface area contributed by atoms with Crippen molar-refractivity contribution in [2.24, 2.45) is 0 Å².